The number of furan rings is 1. The number of nitrogens with zero attached hydrogens (tertiary/aromatic N) is 2. The highest BCUT2D eigenvalue weighted by atomic mass is 16.3. The van der Waals surface area contributed by atoms with Crippen LogP contribution in [0.25, 0.3) is 93.2 Å². The maximum Gasteiger partial charge on any atom is 0.143 e. The van der Waals surface area contributed by atoms with Crippen LogP contribution >= 0.6 is 0 Å². The molecular formula is C56H36N2O. The normalized spacial score (nSPS) is 13.6. The molecule has 0 amide bonds. The lowest BCUT2D eigenvalue weighted by Crippen LogP contribution is -2.11. The summed E-state index contributed by atoms with van der Waals surface area (Å²) in [5.41, 5.74) is 4.54. The van der Waals surface area contributed by atoms with Crippen molar-refractivity contribution in [1.82, 2.24) is 4.57 Å². The van der Waals surface area contributed by atoms with Gasteiger partial charge in [0.2, 0.25) is 0 Å². The molecule has 0 fully saturated rings. The maximum atomic E-state index is 9.92. The minimum Gasteiger partial charge on any atom is -0.455 e. The lowest BCUT2D eigenvalue weighted by atomic mass is 9.94. The smallest absolute Gasteiger partial charge is 0.143 e. The summed E-state index contributed by atoms with van der Waals surface area (Å²) in [6.45, 7) is 0. The summed E-state index contributed by atoms with van der Waals surface area (Å²) in [6, 6.07) is 50.6. The Bertz CT molecular complexity index is 3950. The van der Waals surface area contributed by atoms with E-state index in [0.717, 1.165) is 48.7 Å². The fraction of sp³-hybridized carbons (Fsp3) is 0. The van der Waals surface area contributed by atoms with Crippen molar-refractivity contribution >= 4 is 82.4 Å². The van der Waals surface area contributed by atoms with Gasteiger partial charge in [0, 0.05) is 49.6 Å². The molecule has 0 N–H and O–H groups in total. The van der Waals surface area contributed by atoms with Gasteiger partial charge in [0.1, 0.15) is 11.2 Å². The lowest BCUT2D eigenvalue weighted by Gasteiger charge is -2.28. The van der Waals surface area contributed by atoms with Gasteiger partial charge in [-0.3, -0.25) is 0 Å². The van der Waals surface area contributed by atoms with Gasteiger partial charge in [0.05, 0.1) is 27.7 Å². The molecule has 2 heterocycles. The molecule has 0 unspecified atom stereocenters. The number of benzene rings is 10. The summed E-state index contributed by atoms with van der Waals surface area (Å²) >= 11 is 0. The Morgan fingerprint density at radius 3 is 1.80 bits per heavy atom. The van der Waals surface area contributed by atoms with E-state index >= 15 is 0 Å². The Labute approximate surface area is 352 Å². The van der Waals surface area contributed by atoms with Crippen LogP contribution in [0.2, 0.25) is 0 Å². The van der Waals surface area contributed by atoms with Crippen LogP contribution < -0.4 is 4.90 Å². The highest BCUT2D eigenvalue weighted by molar-refractivity contribution is 6.19. The van der Waals surface area contributed by atoms with Crippen LogP contribution in [0.15, 0.2) is 223 Å². The molecule has 59 heavy (non-hydrogen) atoms. The van der Waals surface area contributed by atoms with Crippen molar-refractivity contribution in [2.45, 2.75) is 0 Å². The van der Waals surface area contributed by atoms with E-state index in [9.17, 15) is 11.0 Å². The molecule has 0 atom stereocenters. The van der Waals surface area contributed by atoms with Crippen LogP contribution in [-0.2, 0) is 0 Å². The molecule has 3 heteroatoms. The molecule has 0 aliphatic carbocycles. The summed E-state index contributed by atoms with van der Waals surface area (Å²) in [5, 5.41) is 7.14. The second kappa shape index (κ2) is 13.4. The number of hydrogen-bond donors (Lipinski definition) is 0. The second-order valence-corrected chi connectivity index (χ2v) is 14.6. The van der Waals surface area contributed by atoms with E-state index in [1.165, 1.54) is 4.90 Å². The molecule has 0 saturated carbocycles. The first-order chi connectivity index (χ1) is 32.6. The molecule has 12 aromatic rings. The van der Waals surface area contributed by atoms with Gasteiger partial charge in [-0.05, 0) is 106 Å². The largest absolute Gasteiger partial charge is 0.455 e. The summed E-state index contributed by atoms with van der Waals surface area (Å²) in [7, 11) is 0. The van der Waals surface area contributed by atoms with Gasteiger partial charge >= 0.3 is 0 Å². The van der Waals surface area contributed by atoms with Gasteiger partial charge in [-0.2, -0.15) is 0 Å². The van der Waals surface area contributed by atoms with Crippen molar-refractivity contribution in [2.24, 2.45) is 0 Å². The first-order valence-corrected chi connectivity index (χ1v) is 19.5. The Balaban J connectivity index is 1.17. The zero-order valence-corrected chi connectivity index (χ0v) is 31.5. The van der Waals surface area contributed by atoms with Crippen LogP contribution in [-0.4, -0.2) is 4.57 Å². The first-order valence-electron chi connectivity index (χ1n) is 23.5. The van der Waals surface area contributed by atoms with Crippen LogP contribution in [0.1, 0.15) is 11.0 Å². The molecule has 2 aromatic heterocycles. The Morgan fingerprint density at radius 2 is 1.02 bits per heavy atom. The minimum absolute atomic E-state index is 0.0388. The fourth-order valence-electron chi connectivity index (χ4n) is 8.62. The molecule has 0 bridgehead atoms. The van der Waals surface area contributed by atoms with Crippen molar-refractivity contribution in [2.75, 3.05) is 4.90 Å². The van der Waals surface area contributed by atoms with E-state index in [-0.39, 0.29) is 46.8 Å². The fourth-order valence-corrected chi connectivity index (χ4v) is 8.62. The van der Waals surface area contributed by atoms with Crippen molar-refractivity contribution in [3.63, 3.8) is 0 Å². The summed E-state index contributed by atoms with van der Waals surface area (Å²) < 4.78 is 86.5. The molecular weight excluding hydrogens is 717 g/mol. The van der Waals surface area contributed by atoms with Gasteiger partial charge < -0.3 is 13.9 Å². The van der Waals surface area contributed by atoms with E-state index in [1.54, 1.807) is 22.8 Å². The average Bonchev–Trinajstić information content (AvgIpc) is 3.91. The highest BCUT2D eigenvalue weighted by Gasteiger charge is 2.21. The minimum atomic E-state index is -0.430. The average molecular weight is 761 g/mol. The second-order valence-electron chi connectivity index (χ2n) is 14.6. The van der Waals surface area contributed by atoms with Gasteiger partial charge in [0.25, 0.3) is 0 Å². The maximum absolute atomic E-state index is 9.92. The highest BCUT2D eigenvalue weighted by Crippen LogP contribution is 2.46. The number of hydrogen-bond acceptors (Lipinski definition) is 2. The van der Waals surface area contributed by atoms with E-state index in [4.69, 9.17) is 4.42 Å². The molecule has 0 aliphatic rings. The predicted octanol–water partition coefficient (Wildman–Crippen LogP) is 15.8. The van der Waals surface area contributed by atoms with E-state index in [1.807, 2.05) is 152 Å². The monoisotopic (exact) mass is 760 g/mol. The molecule has 0 saturated heterocycles. The summed E-state index contributed by atoms with van der Waals surface area (Å²) in [5.74, 6) is 0. The van der Waals surface area contributed by atoms with Crippen LogP contribution in [0.5, 0.6) is 0 Å². The van der Waals surface area contributed by atoms with Gasteiger partial charge in [-0.1, -0.05) is 146 Å². The van der Waals surface area contributed by atoms with E-state index in [2.05, 4.69) is 0 Å². The lowest BCUT2D eigenvalue weighted by molar-refractivity contribution is 0.673. The number of para-hydroxylation sites is 4. The van der Waals surface area contributed by atoms with Crippen LogP contribution in [0.4, 0.5) is 17.1 Å². The first kappa shape index (κ1) is 26.1. The molecule has 10 aromatic carbocycles. The number of fused-ring (bicyclic) bond motifs is 9. The third-order valence-electron chi connectivity index (χ3n) is 11.3. The summed E-state index contributed by atoms with van der Waals surface area (Å²) in [4.78, 5) is 1.40. The molecule has 0 spiro atoms. The third kappa shape index (κ3) is 5.36. The number of rotatable bonds is 6. The SMILES string of the molecule is [2H]c1c([2H])c(N(c2ccccc2-c2cccc3ccc4c5ccccc5oc4c23)c2c([2H])c([2H])c(-n3c4ccccc4c4ccccc43)c([2H])c2[2H])c([2H])c([2H])c1-c1ccc2ccccc2c1. The van der Waals surface area contributed by atoms with Gasteiger partial charge in [-0.15, -0.1) is 0 Å². The third-order valence-corrected chi connectivity index (χ3v) is 11.3. The van der Waals surface area contributed by atoms with Crippen molar-refractivity contribution in [3.05, 3.63) is 218 Å². The van der Waals surface area contributed by atoms with Crippen molar-refractivity contribution in [1.29, 1.82) is 0 Å². The quantitative estimate of drug-likeness (QED) is 0.168. The topological polar surface area (TPSA) is 21.3 Å². The molecule has 12 rings (SSSR count). The zero-order chi connectivity index (χ0) is 45.8. The van der Waals surface area contributed by atoms with Crippen molar-refractivity contribution < 1.29 is 15.4 Å². The standard InChI is InChI=1S/C56H36N2O/c1-2-13-40-36-41(25-24-37(40)12-1)38-26-29-42(30-27-38)57(43-31-33-44(34-32-43)58-52-21-8-3-15-45(52)46-16-4-9-22-53(46)58)51-20-7-5-17-47(51)49-19-11-14-39-28-35-50-48-18-6-10-23-54(48)59-56(50)55(39)49/h1-36H/i26D,27D,29D,30D,31D,32D,33D,34D. The molecule has 3 nitrogen and oxygen atoms in total. The molecule has 0 aliphatic heterocycles. The van der Waals surface area contributed by atoms with E-state index < -0.39 is 24.2 Å². The van der Waals surface area contributed by atoms with Crippen LogP contribution in [0, 0.1) is 0 Å². The van der Waals surface area contributed by atoms with Gasteiger partial charge in [0.15, 0.2) is 0 Å². The van der Waals surface area contributed by atoms with Crippen LogP contribution in [0.3, 0.4) is 0 Å². The number of anilines is 3. The Hall–Kier alpha value is -7.88. The van der Waals surface area contributed by atoms with Gasteiger partial charge in [-0.25, -0.2) is 0 Å². The van der Waals surface area contributed by atoms with E-state index in [0.29, 0.717) is 39.0 Å². The zero-order valence-electron chi connectivity index (χ0n) is 39.5. The summed E-state index contributed by atoms with van der Waals surface area (Å²) in [6.07, 6.45) is 0. The molecule has 276 valence electrons. The number of aromatic nitrogens is 1. The predicted molar refractivity (Wildman–Crippen MR) is 249 cm³/mol. The molecule has 0 radical (unpaired) electrons. The Morgan fingerprint density at radius 1 is 0.424 bits per heavy atom. The van der Waals surface area contributed by atoms with Crippen molar-refractivity contribution in [3.8, 4) is 27.9 Å². The Kier molecular flexibility index (Phi) is 5.92.